The number of ether oxygens (including phenoxy) is 3. The van der Waals surface area contributed by atoms with Crippen molar-refractivity contribution in [3.8, 4) is 11.5 Å². The first-order valence-electron chi connectivity index (χ1n) is 8.27. The number of phenols is 1. The Morgan fingerprint density at radius 2 is 1.84 bits per heavy atom. The van der Waals surface area contributed by atoms with Gasteiger partial charge in [0, 0.05) is 25.8 Å². The minimum atomic E-state index is -0.448. The van der Waals surface area contributed by atoms with Gasteiger partial charge in [0.2, 0.25) is 0 Å². The Hall–Kier alpha value is -2.15. The smallest absolute Gasteiger partial charge is 0.196 e. The number of benzene rings is 2. The lowest BCUT2D eigenvalue weighted by Crippen LogP contribution is -2.21. The molecule has 2 aromatic rings. The number of aromatic hydroxyl groups is 1. The van der Waals surface area contributed by atoms with E-state index in [1.807, 2.05) is 6.07 Å². The van der Waals surface area contributed by atoms with E-state index in [2.05, 4.69) is 0 Å². The highest BCUT2D eigenvalue weighted by atomic mass is 28.2. The fourth-order valence-electron chi connectivity index (χ4n) is 2.47. The zero-order valence-corrected chi connectivity index (χ0v) is 16.0. The summed E-state index contributed by atoms with van der Waals surface area (Å²) >= 11 is 0. The van der Waals surface area contributed by atoms with Crippen molar-refractivity contribution in [3.63, 3.8) is 0 Å². The molecule has 5 nitrogen and oxygen atoms in total. The first kappa shape index (κ1) is 19.2. The molecule has 134 valence electrons. The molecule has 0 fully saturated rings. The molecule has 0 atom stereocenters. The molecule has 0 radical (unpaired) electrons. The van der Waals surface area contributed by atoms with Gasteiger partial charge in [0.05, 0.1) is 21.7 Å². The van der Waals surface area contributed by atoms with Gasteiger partial charge in [-0.1, -0.05) is 36.4 Å². The lowest BCUT2D eigenvalue weighted by Gasteiger charge is -2.12. The summed E-state index contributed by atoms with van der Waals surface area (Å²) < 4.78 is 16.0. The minimum absolute atomic E-state index is 0.0488. The number of hydrogen-bond acceptors (Lipinski definition) is 5. The van der Waals surface area contributed by atoms with E-state index in [4.69, 9.17) is 14.2 Å². The second kappa shape index (κ2) is 9.98. The van der Waals surface area contributed by atoms with Crippen LogP contribution in [0, 0.1) is 0 Å². The molecular weight excluding hydrogens is 336 g/mol. The summed E-state index contributed by atoms with van der Waals surface area (Å²) in [5, 5.41) is 10.1. The Labute approximate surface area is 150 Å². The molecule has 0 heterocycles. The third kappa shape index (κ3) is 5.70. The third-order valence-corrected chi connectivity index (χ3v) is 5.92. The summed E-state index contributed by atoms with van der Waals surface area (Å²) in [6.07, 6.45) is 0.904. The largest absolute Gasteiger partial charge is 0.507 e. The first-order chi connectivity index (χ1) is 12.2. The highest BCUT2D eigenvalue weighted by molar-refractivity contribution is 6.36. The summed E-state index contributed by atoms with van der Waals surface area (Å²) in [5.74, 6) is 0.228. The minimum Gasteiger partial charge on any atom is -0.507 e. The van der Waals surface area contributed by atoms with E-state index >= 15 is 0 Å². The van der Waals surface area contributed by atoms with Crippen LogP contribution in [-0.2, 0) is 9.47 Å². The van der Waals surface area contributed by atoms with Crippen molar-refractivity contribution in [2.24, 2.45) is 0 Å². The lowest BCUT2D eigenvalue weighted by molar-refractivity contribution is -0.0441. The van der Waals surface area contributed by atoms with Gasteiger partial charge in [-0.2, -0.15) is 0 Å². The normalized spacial score (nSPS) is 11.3. The van der Waals surface area contributed by atoms with Crippen molar-refractivity contribution < 1.29 is 24.1 Å². The Morgan fingerprint density at radius 3 is 2.48 bits per heavy atom. The van der Waals surface area contributed by atoms with Crippen LogP contribution in [-0.4, -0.2) is 47.1 Å². The molecule has 0 aliphatic carbocycles. The maximum Gasteiger partial charge on any atom is 0.196 e. The molecule has 0 saturated heterocycles. The second-order valence-corrected chi connectivity index (χ2v) is 7.57. The maximum atomic E-state index is 12.4. The number of methoxy groups -OCH3 is 2. The van der Waals surface area contributed by atoms with Gasteiger partial charge in [0.15, 0.2) is 5.78 Å². The van der Waals surface area contributed by atoms with Crippen LogP contribution in [0.2, 0.25) is 6.04 Å². The zero-order chi connectivity index (χ0) is 18.1. The fourth-order valence-corrected chi connectivity index (χ4v) is 3.77. The zero-order valence-electron chi connectivity index (χ0n) is 14.6. The van der Waals surface area contributed by atoms with E-state index in [0.29, 0.717) is 17.9 Å². The molecule has 0 bridgehead atoms. The van der Waals surface area contributed by atoms with Gasteiger partial charge < -0.3 is 19.3 Å². The first-order valence-corrected chi connectivity index (χ1v) is 10.1. The molecule has 2 rings (SSSR count). The van der Waals surface area contributed by atoms with Crippen LogP contribution >= 0.6 is 0 Å². The number of phenolic OH excluding ortho intramolecular Hbond substituents is 1. The molecule has 6 heteroatoms. The van der Waals surface area contributed by atoms with Crippen molar-refractivity contribution >= 4 is 15.3 Å². The summed E-state index contributed by atoms with van der Waals surface area (Å²) in [4.78, 5) is 12.4. The summed E-state index contributed by atoms with van der Waals surface area (Å²) in [6, 6.07) is 14.7. The standard InChI is InChI=1S/C19H24O5Si/c1-22-19(23-2)25-12-6-11-24-15-9-10-16(17(20)13-15)18(21)14-7-4-3-5-8-14/h3-5,7-10,13,19-20H,6,11-12,25H2,1-2H3. The second-order valence-electron chi connectivity index (χ2n) is 5.62. The van der Waals surface area contributed by atoms with Gasteiger partial charge >= 0.3 is 0 Å². The molecule has 1 N–H and O–H groups in total. The molecule has 0 aromatic heterocycles. The topological polar surface area (TPSA) is 65.0 Å². The fraction of sp³-hybridized carbons (Fsp3) is 0.316. The van der Waals surface area contributed by atoms with Gasteiger partial charge in [-0.05, 0) is 18.6 Å². The molecule has 0 unspecified atom stereocenters. The van der Waals surface area contributed by atoms with Crippen LogP contribution in [0.3, 0.4) is 0 Å². The monoisotopic (exact) mass is 360 g/mol. The Kier molecular flexibility index (Phi) is 7.65. The number of carbonyl (C=O) groups is 1. The SMILES string of the molecule is COC(OC)[SiH2]CCCOc1ccc(C(=O)c2ccccc2)c(O)c1. The quantitative estimate of drug-likeness (QED) is 0.305. The molecule has 0 aliphatic heterocycles. The molecule has 2 aromatic carbocycles. The molecule has 0 spiro atoms. The molecule has 25 heavy (non-hydrogen) atoms. The van der Waals surface area contributed by atoms with Crippen molar-refractivity contribution in [2.75, 3.05) is 20.8 Å². The maximum absolute atomic E-state index is 12.4. The van der Waals surface area contributed by atoms with E-state index in [1.54, 1.807) is 50.6 Å². The van der Waals surface area contributed by atoms with E-state index < -0.39 is 9.52 Å². The van der Waals surface area contributed by atoms with E-state index in [0.717, 1.165) is 12.5 Å². The number of ketones is 1. The Morgan fingerprint density at radius 1 is 1.12 bits per heavy atom. The van der Waals surface area contributed by atoms with Crippen molar-refractivity contribution in [1.29, 1.82) is 0 Å². The predicted molar refractivity (Wildman–Crippen MR) is 99.3 cm³/mol. The van der Waals surface area contributed by atoms with Crippen LogP contribution in [0.15, 0.2) is 48.5 Å². The summed E-state index contributed by atoms with van der Waals surface area (Å²) in [6.45, 7) is 0.554. The van der Waals surface area contributed by atoms with Crippen molar-refractivity contribution in [3.05, 3.63) is 59.7 Å². The summed E-state index contributed by atoms with van der Waals surface area (Å²) in [7, 11) is 2.85. The lowest BCUT2D eigenvalue weighted by atomic mass is 10.0. The number of hydrogen-bond donors (Lipinski definition) is 1. The Bertz CT molecular complexity index is 671. The molecule has 0 saturated carbocycles. The van der Waals surface area contributed by atoms with E-state index in [1.165, 1.54) is 6.07 Å². The highest BCUT2D eigenvalue weighted by Crippen LogP contribution is 2.26. The van der Waals surface area contributed by atoms with Crippen LogP contribution in [0.5, 0.6) is 11.5 Å². The van der Waals surface area contributed by atoms with Crippen LogP contribution in [0.4, 0.5) is 0 Å². The van der Waals surface area contributed by atoms with Gasteiger partial charge in [-0.15, -0.1) is 0 Å². The van der Waals surface area contributed by atoms with Gasteiger partial charge in [-0.25, -0.2) is 0 Å². The Balaban J connectivity index is 1.86. The van der Waals surface area contributed by atoms with Gasteiger partial charge in [0.1, 0.15) is 17.4 Å². The van der Waals surface area contributed by atoms with Gasteiger partial charge in [-0.3, -0.25) is 4.79 Å². The predicted octanol–water partition coefficient (Wildman–Crippen LogP) is 2.56. The highest BCUT2D eigenvalue weighted by Gasteiger charge is 2.14. The molecule has 0 amide bonds. The number of rotatable bonds is 10. The molecule has 0 aliphatic rings. The van der Waals surface area contributed by atoms with Crippen LogP contribution in [0.1, 0.15) is 22.3 Å². The van der Waals surface area contributed by atoms with Crippen molar-refractivity contribution in [1.82, 2.24) is 0 Å². The third-order valence-electron chi connectivity index (χ3n) is 3.88. The van der Waals surface area contributed by atoms with Gasteiger partial charge in [0.25, 0.3) is 0 Å². The average molecular weight is 360 g/mol. The van der Waals surface area contributed by atoms with E-state index in [9.17, 15) is 9.90 Å². The van der Waals surface area contributed by atoms with Crippen LogP contribution in [0.25, 0.3) is 0 Å². The van der Waals surface area contributed by atoms with Crippen molar-refractivity contribution in [2.45, 2.75) is 18.4 Å². The van der Waals surface area contributed by atoms with E-state index in [-0.39, 0.29) is 23.0 Å². The molecular formula is C19H24O5Si. The average Bonchev–Trinajstić information content (AvgIpc) is 2.65. The number of carbonyl (C=O) groups excluding carboxylic acids is 1. The summed E-state index contributed by atoms with van der Waals surface area (Å²) in [5.41, 5.74) is 0.816. The van der Waals surface area contributed by atoms with Crippen LogP contribution < -0.4 is 4.74 Å².